The van der Waals surface area contributed by atoms with Gasteiger partial charge in [0.05, 0.1) is 11.9 Å². The smallest absolute Gasteiger partial charge is 0.148 e. The van der Waals surface area contributed by atoms with Crippen LogP contribution < -0.4 is 5.73 Å². The molecule has 2 aromatic carbocycles. The zero-order valence-corrected chi connectivity index (χ0v) is 11.2. The van der Waals surface area contributed by atoms with E-state index >= 15 is 0 Å². The first-order valence-electron chi connectivity index (χ1n) is 6.01. The second-order valence-corrected chi connectivity index (χ2v) is 4.78. The second-order valence-electron chi connectivity index (χ2n) is 4.34. The Bertz CT molecular complexity index is 767. The summed E-state index contributed by atoms with van der Waals surface area (Å²) in [5.41, 5.74) is 8.16. The van der Waals surface area contributed by atoms with Gasteiger partial charge >= 0.3 is 0 Å². The Hall–Kier alpha value is -2.33. The van der Waals surface area contributed by atoms with Gasteiger partial charge in [0.2, 0.25) is 0 Å². The predicted molar refractivity (Wildman–Crippen MR) is 78.4 cm³/mol. The molecule has 0 saturated carbocycles. The van der Waals surface area contributed by atoms with E-state index in [1.807, 2.05) is 12.1 Å². The van der Waals surface area contributed by atoms with Gasteiger partial charge < -0.3 is 5.73 Å². The van der Waals surface area contributed by atoms with E-state index in [-0.39, 0.29) is 5.82 Å². The maximum atomic E-state index is 13.8. The summed E-state index contributed by atoms with van der Waals surface area (Å²) in [7, 11) is 0. The monoisotopic (exact) mass is 287 g/mol. The Morgan fingerprint density at radius 3 is 2.65 bits per heavy atom. The Morgan fingerprint density at radius 2 is 1.90 bits per heavy atom. The fraction of sp³-hybridized carbons (Fsp3) is 0. The van der Waals surface area contributed by atoms with E-state index in [1.54, 1.807) is 36.5 Å². The number of nitrogens with two attached hydrogens (primary N) is 1. The van der Waals surface area contributed by atoms with Gasteiger partial charge in [-0.1, -0.05) is 35.9 Å². The molecule has 0 radical (unpaired) electrons. The van der Waals surface area contributed by atoms with Crippen LogP contribution >= 0.6 is 11.6 Å². The lowest BCUT2D eigenvalue weighted by Gasteiger charge is -2.02. The zero-order chi connectivity index (χ0) is 14.1. The van der Waals surface area contributed by atoms with Crippen LogP contribution in [-0.2, 0) is 0 Å². The van der Waals surface area contributed by atoms with Crippen molar-refractivity contribution in [3.8, 4) is 16.9 Å². The lowest BCUT2D eigenvalue weighted by Crippen LogP contribution is -1.97. The van der Waals surface area contributed by atoms with Crippen molar-refractivity contribution in [2.75, 3.05) is 5.73 Å². The van der Waals surface area contributed by atoms with Gasteiger partial charge in [-0.05, 0) is 24.3 Å². The number of hydrogen-bond donors (Lipinski definition) is 1. The van der Waals surface area contributed by atoms with E-state index < -0.39 is 0 Å². The molecule has 20 heavy (non-hydrogen) atoms. The summed E-state index contributed by atoms with van der Waals surface area (Å²) < 4.78 is 15.2. The molecule has 5 heteroatoms. The molecule has 0 saturated heterocycles. The van der Waals surface area contributed by atoms with E-state index in [0.717, 1.165) is 5.56 Å². The Balaban J connectivity index is 2.10. The van der Waals surface area contributed by atoms with Gasteiger partial charge in [-0.15, -0.1) is 0 Å². The molecule has 0 fully saturated rings. The maximum absolute atomic E-state index is 13.8. The lowest BCUT2D eigenvalue weighted by atomic mass is 10.1. The fourth-order valence-corrected chi connectivity index (χ4v) is 2.20. The summed E-state index contributed by atoms with van der Waals surface area (Å²) in [5.74, 6) is -0.354. The summed E-state index contributed by atoms with van der Waals surface area (Å²) in [6, 6.07) is 13.6. The SMILES string of the molecule is Nc1cn(-c2ccccc2F)nc1-c1cccc(Cl)c1. The highest BCUT2D eigenvalue weighted by molar-refractivity contribution is 6.30. The van der Waals surface area contributed by atoms with Crippen molar-refractivity contribution in [2.45, 2.75) is 0 Å². The van der Waals surface area contributed by atoms with Crippen LogP contribution in [0.15, 0.2) is 54.7 Å². The van der Waals surface area contributed by atoms with E-state index in [0.29, 0.717) is 22.1 Å². The van der Waals surface area contributed by atoms with Crippen molar-refractivity contribution in [2.24, 2.45) is 0 Å². The molecule has 0 spiro atoms. The van der Waals surface area contributed by atoms with Crippen molar-refractivity contribution >= 4 is 17.3 Å². The van der Waals surface area contributed by atoms with Gasteiger partial charge in [-0.2, -0.15) is 5.10 Å². The third kappa shape index (κ3) is 2.26. The molecule has 3 nitrogen and oxygen atoms in total. The minimum Gasteiger partial charge on any atom is -0.396 e. The summed E-state index contributed by atoms with van der Waals surface area (Å²) in [4.78, 5) is 0. The Morgan fingerprint density at radius 1 is 1.10 bits per heavy atom. The Kier molecular flexibility index (Phi) is 3.16. The second kappa shape index (κ2) is 4.98. The molecule has 100 valence electrons. The number of halogens is 2. The van der Waals surface area contributed by atoms with Crippen molar-refractivity contribution in [1.82, 2.24) is 9.78 Å². The summed E-state index contributed by atoms with van der Waals surface area (Å²) in [6.07, 6.45) is 1.59. The average molecular weight is 288 g/mol. The molecule has 3 rings (SSSR count). The molecule has 0 bridgehead atoms. The van der Waals surface area contributed by atoms with Crippen LogP contribution in [0, 0.1) is 5.82 Å². The molecule has 0 unspecified atom stereocenters. The largest absolute Gasteiger partial charge is 0.396 e. The standard InChI is InChI=1S/C15H11ClFN3/c16-11-5-3-4-10(8-11)15-13(18)9-20(19-15)14-7-2-1-6-12(14)17/h1-9H,18H2. The molecule has 0 amide bonds. The number of nitrogens with zero attached hydrogens (tertiary/aromatic N) is 2. The van der Waals surface area contributed by atoms with Gasteiger partial charge in [-0.3, -0.25) is 0 Å². The van der Waals surface area contributed by atoms with Crippen LogP contribution in [0.25, 0.3) is 16.9 Å². The number of hydrogen-bond acceptors (Lipinski definition) is 2. The molecule has 2 N–H and O–H groups in total. The third-order valence-electron chi connectivity index (χ3n) is 2.94. The molecule has 0 aliphatic carbocycles. The maximum Gasteiger partial charge on any atom is 0.148 e. The summed E-state index contributed by atoms with van der Waals surface area (Å²) in [6.45, 7) is 0. The van der Waals surface area contributed by atoms with Gasteiger partial charge in [0.15, 0.2) is 0 Å². The number of benzene rings is 2. The first-order valence-corrected chi connectivity index (χ1v) is 6.39. The van der Waals surface area contributed by atoms with Crippen molar-refractivity contribution in [3.05, 3.63) is 65.6 Å². The third-order valence-corrected chi connectivity index (χ3v) is 3.17. The van der Waals surface area contributed by atoms with E-state index in [9.17, 15) is 4.39 Å². The van der Waals surface area contributed by atoms with Gasteiger partial charge in [0, 0.05) is 10.6 Å². The molecule has 0 atom stereocenters. The van der Waals surface area contributed by atoms with Crippen molar-refractivity contribution < 1.29 is 4.39 Å². The number of aromatic nitrogens is 2. The molecular formula is C15H11ClFN3. The van der Waals surface area contributed by atoms with E-state index in [1.165, 1.54) is 10.7 Å². The van der Waals surface area contributed by atoms with Crippen LogP contribution in [0.4, 0.5) is 10.1 Å². The normalized spacial score (nSPS) is 10.7. The van der Waals surface area contributed by atoms with Crippen LogP contribution in [0.3, 0.4) is 0 Å². The van der Waals surface area contributed by atoms with Gasteiger partial charge in [0.25, 0.3) is 0 Å². The molecule has 0 aliphatic rings. The Labute approximate surface area is 120 Å². The van der Waals surface area contributed by atoms with E-state index in [2.05, 4.69) is 5.10 Å². The number of nitrogen functional groups attached to an aromatic ring is 1. The quantitative estimate of drug-likeness (QED) is 0.776. The first-order chi connectivity index (χ1) is 9.65. The highest BCUT2D eigenvalue weighted by Gasteiger charge is 2.12. The fourth-order valence-electron chi connectivity index (χ4n) is 2.01. The molecular weight excluding hydrogens is 277 g/mol. The van der Waals surface area contributed by atoms with Crippen molar-refractivity contribution in [3.63, 3.8) is 0 Å². The van der Waals surface area contributed by atoms with Crippen LogP contribution in [0.2, 0.25) is 5.02 Å². The first kappa shape index (κ1) is 12.7. The van der Waals surface area contributed by atoms with Gasteiger partial charge in [0.1, 0.15) is 17.2 Å². The van der Waals surface area contributed by atoms with Crippen LogP contribution in [-0.4, -0.2) is 9.78 Å². The van der Waals surface area contributed by atoms with Crippen molar-refractivity contribution in [1.29, 1.82) is 0 Å². The number of rotatable bonds is 2. The highest BCUT2D eigenvalue weighted by atomic mass is 35.5. The number of anilines is 1. The highest BCUT2D eigenvalue weighted by Crippen LogP contribution is 2.27. The van der Waals surface area contributed by atoms with Gasteiger partial charge in [-0.25, -0.2) is 9.07 Å². The summed E-state index contributed by atoms with van der Waals surface area (Å²) >= 11 is 5.96. The topological polar surface area (TPSA) is 43.8 Å². The average Bonchev–Trinajstić information content (AvgIpc) is 2.81. The minimum atomic E-state index is -0.354. The van der Waals surface area contributed by atoms with E-state index in [4.69, 9.17) is 17.3 Å². The molecule has 3 aromatic rings. The minimum absolute atomic E-state index is 0.354. The molecule has 0 aliphatic heterocycles. The number of para-hydroxylation sites is 1. The van der Waals surface area contributed by atoms with Crippen LogP contribution in [0.5, 0.6) is 0 Å². The molecule has 1 aromatic heterocycles. The van der Waals surface area contributed by atoms with Crippen LogP contribution in [0.1, 0.15) is 0 Å². The molecule has 1 heterocycles. The lowest BCUT2D eigenvalue weighted by molar-refractivity contribution is 0.611. The predicted octanol–water partition coefficient (Wildman–Crippen LogP) is 3.91. The summed E-state index contributed by atoms with van der Waals surface area (Å²) in [5, 5.41) is 4.94. The zero-order valence-electron chi connectivity index (χ0n) is 10.4.